The van der Waals surface area contributed by atoms with E-state index in [9.17, 15) is 9.59 Å². The van der Waals surface area contributed by atoms with Crippen LogP contribution in [0.25, 0.3) is 0 Å². The minimum absolute atomic E-state index is 0.513. The van der Waals surface area contributed by atoms with Crippen LogP contribution in [-0.2, 0) is 9.59 Å². The van der Waals surface area contributed by atoms with Gasteiger partial charge in [0.2, 0.25) is 0 Å². The number of rotatable bonds is 6. The smallest absolute Gasteiger partial charge is 0.329 e. The molecule has 2 aromatic carbocycles. The first-order valence-corrected chi connectivity index (χ1v) is 8.93. The highest BCUT2D eigenvalue weighted by Gasteiger charge is 2.15. The number of hydrogen-bond donors (Lipinski definition) is 2. The second-order valence-electron chi connectivity index (χ2n) is 5.95. The standard InChI is InChI=1S/C20H22ClN3O3/c1-4-10-27-17-9-8-16(21)11-15(17)12-22-24-20(26)19(25)23-18-13(2)6-5-7-14(18)3/h5-9,11-12H,4,10H2,1-3H3,(H,23,25)(H,24,26)/b22-12-. The molecule has 27 heavy (non-hydrogen) atoms. The molecule has 0 aliphatic carbocycles. The Bertz CT molecular complexity index is 845. The Balaban J connectivity index is 2.02. The average molecular weight is 388 g/mol. The number of halogens is 1. The summed E-state index contributed by atoms with van der Waals surface area (Å²) in [6.45, 7) is 6.26. The van der Waals surface area contributed by atoms with Crippen LogP contribution in [0, 0.1) is 13.8 Å². The SMILES string of the molecule is CCCOc1ccc(Cl)cc1/C=N\NC(=O)C(=O)Nc1c(C)cccc1C. The molecule has 0 radical (unpaired) electrons. The van der Waals surface area contributed by atoms with Gasteiger partial charge >= 0.3 is 11.8 Å². The molecule has 0 atom stereocenters. The summed E-state index contributed by atoms with van der Waals surface area (Å²) in [4.78, 5) is 24.1. The van der Waals surface area contributed by atoms with Gasteiger partial charge in [0.05, 0.1) is 12.8 Å². The summed E-state index contributed by atoms with van der Waals surface area (Å²) in [6, 6.07) is 10.7. The van der Waals surface area contributed by atoms with Crippen LogP contribution in [0.5, 0.6) is 5.75 Å². The van der Waals surface area contributed by atoms with Crippen molar-refractivity contribution < 1.29 is 14.3 Å². The van der Waals surface area contributed by atoms with Crippen LogP contribution in [0.15, 0.2) is 41.5 Å². The molecule has 0 aromatic heterocycles. The third kappa shape index (κ3) is 5.82. The Morgan fingerprint density at radius 3 is 2.52 bits per heavy atom. The molecule has 0 saturated carbocycles. The van der Waals surface area contributed by atoms with E-state index in [1.54, 1.807) is 18.2 Å². The van der Waals surface area contributed by atoms with Gasteiger partial charge in [0, 0.05) is 16.3 Å². The van der Waals surface area contributed by atoms with E-state index in [1.165, 1.54) is 6.21 Å². The molecule has 0 unspecified atom stereocenters. The first-order chi connectivity index (χ1) is 12.9. The van der Waals surface area contributed by atoms with Crippen LogP contribution in [0.3, 0.4) is 0 Å². The fourth-order valence-electron chi connectivity index (χ4n) is 2.36. The Kier molecular flexibility index (Phi) is 7.37. The van der Waals surface area contributed by atoms with E-state index < -0.39 is 11.8 Å². The summed E-state index contributed by atoms with van der Waals surface area (Å²) in [5, 5.41) is 6.95. The van der Waals surface area contributed by atoms with E-state index in [2.05, 4.69) is 15.8 Å². The van der Waals surface area contributed by atoms with Crippen LogP contribution >= 0.6 is 11.6 Å². The predicted octanol–water partition coefficient (Wildman–Crippen LogP) is 3.83. The number of para-hydroxylation sites is 1. The van der Waals surface area contributed by atoms with E-state index in [0.29, 0.717) is 28.6 Å². The summed E-state index contributed by atoms with van der Waals surface area (Å²) in [7, 11) is 0. The lowest BCUT2D eigenvalue weighted by Crippen LogP contribution is -2.32. The van der Waals surface area contributed by atoms with Crippen molar-refractivity contribution in [1.29, 1.82) is 0 Å². The maximum Gasteiger partial charge on any atom is 0.329 e. The average Bonchev–Trinajstić information content (AvgIpc) is 2.64. The molecule has 0 aliphatic rings. The monoisotopic (exact) mass is 387 g/mol. The van der Waals surface area contributed by atoms with Crippen molar-refractivity contribution in [3.05, 3.63) is 58.1 Å². The van der Waals surface area contributed by atoms with Crippen molar-refractivity contribution >= 4 is 35.3 Å². The Hall–Kier alpha value is -2.86. The number of carbonyl (C=O) groups is 2. The fourth-order valence-corrected chi connectivity index (χ4v) is 2.54. The summed E-state index contributed by atoms with van der Waals surface area (Å²) in [6.07, 6.45) is 2.25. The normalized spacial score (nSPS) is 10.7. The molecule has 0 aliphatic heterocycles. The van der Waals surface area contributed by atoms with Gasteiger partial charge in [-0.2, -0.15) is 5.10 Å². The first kappa shape index (κ1) is 20.5. The number of hydrazone groups is 1. The fraction of sp³-hybridized carbons (Fsp3) is 0.250. The van der Waals surface area contributed by atoms with Gasteiger partial charge in [0.25, 0.3) is 0 Å². The number of aryl methyl sites for hydroxylation is 2. The zero-order valence-corrected chi connectivity index (χ0v) is 16.3. The minimum atomic E-state index is -0.869. The van der Waals surface area contributed by atoms with E-state index in [0.717, 1.165) is 17.5 Å². The molecule has 6 nitrogen and oxygen atoms in total. The van der Waals surface area contributed by atoms with Crippen LogP contribution in [0.2, 0.25) is 5.02 Å². The highest BCUT2D eigenvalue weighted by Crippen LogP contribution is 2.22. The Morgan fingerprint density at radius 2 is 1.85 bits per heavy atom. The largest absolute Gasteiger partial charge is 0.493 e. The van der Waals surface area contributed by atoms with Crippen LogP contribution in [0.1, 0.15) is 30.0 Å². The summed E-state index contributed by atoms with van der Waals surface area (Å²) < 4.78 is 5.61. The van der Waals surface area contributed by atoms with E-state index in [-0.39, 0.29) is 0 Å². The van der Waals surface area contributed by atoms with Crippen LogP contribution in [-0.4, -0.2) is 24.6 Å². The van der Waals surface area contributed by atoms with E-state index in [1.807, 2.05) is 39.0 Å². The zero-order valence-electron chi connectivity index (χ0n) is 15.5. The van der Waals surface area contributed by atoms with Gasteiger partial charge in [-0.1, -0.05) is 36.7 Å². The van der Waals surface area contributed by atoms with Gasteiger partial charge in [-0.25, -0.2) is 5.43 Å². The quantitative estimate of drug-likeness (QED) is 0.449. The molecule has 0 fully saturated rings. The number of ether oxygens (including phenoxy) is 1. The summed E-state index contributed by atoms with van der Waals surface area (Å²) >= 11 is 5.99. The third-order valence-electron chi connectivity index (χ3n) is 3.73. The molecule has 7 heteroatoms. The number of amides is 2. The molecule has 2 aromatic rings. The maximum absolute atomic E-state index is 12.1. The number of nitrogens with one attached hydrogen (secondary N) is 2. The molecule has 0 bridgehead atoms. The van der Waals surface area contributed by atoms with Crippen molar-refractivity contribution in [3.63, 3.8) is 0 Å². The molecule has 0 heterocycles. The molecular formula is C20H22ClN3O3. The highest BCUT2D eigenvalue weighted by molar-refractivity contribution is 6.39. The predicted molar refractivity (Wildman–Crippen MR) is 108 cm³/mol. The van der Waals surface area contributed by atoms with Crippen LogP contribution < -0.4 is 15.5 Å². The number of carbonyl (C=O) groups excluding carboxylic acids is 2. The minimum Gasteiger partial charge on any atom is -0.493 e. The number of nitrogens with zero attached hydrogens (tertiary/aromatic N) is 1. The molecule has 0 spiro atoms. The number of benzene rings is 2. The number of anilines is 1. The van der Waals surface area contributed by atoms with Gasteiger partial charge in [0.15, 0.2) is 0 Å². The summed E-state index contributed by atoms with van der Waals surface area (Å²) in [5.74, 6) is -1.07. The van der Waals surface area contributed by atoms with E-state index >= 15 is 0 Å². The van der Waals surface area contributed by atoms with Gasteiger partial charge in [0.1, 0.15) is 5.75 Å². The van der Waals surface area contributed by atoms with Crippen molar-refractivity contribution in [2.24, 2.45) is 5.10 Å². The van der Waals surface area contributed by atoms with Gasteiger partial charge in [-0.05, 0) is 49.6 Å². The van der Waals surface area contributed by atoms with Gasteiger partial charge in [-0.3, -0.25) is 9.59 Å². The zero-order chi connectivity index (χ0) is 19.8. The Labute approximate surface area is 163 Å². The molecular weight excluding hydrogens is 366 g/mol. The second-order valence-corrected chi connectivity index (χ2v) is 6.39. The topological polar surface area (TPSA) is 79.8 Å². The lowest BCUT2D eigenvalue weighted by molar-refractivity contribution is -0.136. The number of hydrogen-bond acceptors (Lipinski definition) is 4. The lowest BCUT2D eigenvalue weighted by atomic mass is 10.1. The molecule has 2 amide bonds. The van der Waals surface area contributed by atoms with Crippen molar-refractivity contribution in [2.75, 3.05) is 11.9 Å². The van der Waals surface area contributed by atoms with Crippen LogP contribution in [0.4, 0.5) is 5.69 Å². The van der Waals surface area contributed by atoms with Gasteiger partial charge in [-0.15, -0.1) is 0 Å². The highest BCUT2D eigenvalue weighted by atomic mass is 35.5. The Morgan fingerprint density at radius 1 is 1.15 bits per heavy atom. The summed E-state index contributed by atoms with van der Waals surface area (Å²) in [5.41, 5.74) is 5.18. The van der Waals surface area contributed by atoms with E-state index in [4.69, 9.17) is 16.3 Å². The third-order valence-corrected chi connectivity index (χ3v) is 3.96. The first-order valence-electron chi connectivity index (χ1n) is 8.55. The van der Waals surface area contributed by atoms with Crippen molar-refractivity contribution in [3.8, 4) is 5.75 Å². The molecule has 2 rings (SSSR count). The van der Waals surface area contributed by atoms with Crippen molar-refractivity contribution in [1.82, 2.24) is 5.43 Å². The molecule has 2 N–H and O–H groups in total. The molecule has 142 valence electrons. The maximum atomic E-state index is 12.1. The molecule has 0 saturated heterocycles. The lowest BCUT2D eigenvalue weighted by Gasteiger charge is -2.10. The second kappa shape index (κ2) is 9.73. The van der Waals surface area contributed by atoms with Crippen molar-refractivity contribution in [2.45, 2.75) is 27.2 Å². The van der Waals surface area contributed by atoms with Gasteiger partial charge < -0.3 is 10.1 Å².